The third kappa shape index (κ3) is 4.12. The monoisotopic (exact) mass is 196 g/mol. The van der Waals surface area contributed by atoms with Crippen LogP contribution in [0.3, 0.4) is 0 Å². The molecule has 1 aliphatic rings. The highest BCUT2D eigenvalue weighted by Gasteiger charge is 2.16. The van der Waals surface area contributed by atoms with Crippen molar-refractivity contribution in [1.82, 2.24) is 4.90 Å². The van der Waals surface area contributed by atoms with Gasteiger partial charge in [0.2, 0.25) is 0 Å². The SMILES string of the molecule is CCCCN([C]=O)CC1CCCCC1. The molecule has 0 atom stereocenters. The molecule has 2 heteroatoms. The van der Waals surface area contributed by atoms with Crippen molar-refractivity contribution in [2.24, 2.45) is 5.92 Å². The van der Waals surface area contributed by atoms with Crippen LogP contribution in [0, 0.1) is 5.92 Å². The molecule has 1 fully saturated rings. The molecular weight excluding hydrogens is 174 g/mol. The molecule has 0 bridgehead atoms. The van der Waals surface area contributed by atoms with E-state index in [0.717, 1.165) is 31.8 Å². The van der Waals surface area contributed by atoms with Gasteiger partial charge in [-0.25, -0.2) is 0 Å². The fourth-order valence-corrected chi connectivity index (χ4v) is 2.20. The van der Waals surface area contributed by atoms with Crippen LogP contribution in [0.25, 0.3) is 0 Å². The fourth-order valence-electron chi connectivity index (χ4n) is 2.20. The van der Waals surface area contributed by atoms with Crippen LogP contribution in [0.15, 0.2) is 0 Å². The van der Waals surface area contributed by atoms with Crippen LogP contribution in [0.5, 0.6) is 0 Å². The average molecular weight is 196 g/mol. The first-order valence-electron chi connectivity index (χ1n) is 5.99. The minimum absolute atomic E-state index is 0.752. The minimum atomic E-state index is 0.752. The Morgan fingerprint density at radius 1 is 1.29 bits per heavy atom. The highest BCUT2D eigenvalue weighted by Crippen LogP contribution is 2.24. The maximum absolute atomic E-state index is 10.7. The van der Waals surface area contributed by atoms with Gasteiger partial charge in [0.1, 0.15) is 0 Å². The van der Waals surface area contributed by atoms with Gasteiger partial charge in [0, 0.05) is 13.1 Å². The first kappa shape index (κ1) is 11.5. The number of unbranched alkanes of at least 4 members (excludes halogenated alkanes) is 1. The maximum Gasteiger partial charge on any atom is 0.312 e. The first-order valence-corrected chi connectivity index (χ1v) is 5.99. The lowest BCUT2D eigenvalue weighted by molar-refractivity contribution is 0.263. The second-order valence-corrected chi connectivity index (χ2v) is 4.39. The minimum Gasteiger partial charge on any atom is -0.334 e. The molecule has 1 saturated carbocycles. The van der Waals surface area contributed by atoms with E-state index in [4.69, 9.17) is 0 Å². The summed E-state index contributed by atoms with van der Waals surface area (Å²) in [5.74, 6) is 0.752. The summed E-state index contributed by atoms with van der Waals surface area (Å²) in [6.45, 7) is 4.00. The number of carbonyl (C=O) groups excluding carboxylic acids is 1. The summed E-state index contributed by atoms with van der Waals surface area (Å²) in [7, 11) is 0. The summed E-state index contributed by atoms with van der Waals surface area (Å²) in [6.07, 6.45) is 11.0. The number of rotatable bonds is 6. The largest absolute Gasteiger partial charge is 0.334 e. The Hall–Kier alpha value is -0.530. The third-order valence-electron chi connectivity index (χ3n) is 3.11. The molecular formula is C12H22NO. The van der Waals surface area contributed by atoms with Crippen molar-refractivity contribution in [2.75, 3.05) is 13.1 Å². The molecule has 0 heterocycles. The molecule has 1 aliphatic carbocycles. The van der Waals surface area contributed by atoms with Crippen LogP contribution in [0.1, 0.15) is 51.9 Å². The highest BCUT2D eigenvalue weighted by atomic mass is 16.1. The van der Waals surface area contributed by atoms with Crippen molar-refractivity contribution in [2.45, 2.75) is 51.9 Å². The quantitative estimate of drug-likeness (QED) is 0.598. The van der Waals surface area contributed by atoms with Crippen LogP contribution in [-0.2, 0) is 4.79 Å². The van der Waals surface area contributed by atoms with Crippen LogP contribution in [0.2, 0.25) is 0 Å². The smallest absolute Gasteiger partial charge is 0.312 e. The number of hydrogen-bond donors (Lipinski definition) is 0. The van der Waals surface area contributed by atoms with E-state index in [9.17, 15) is 4.79 Å². The lowest BCUT2D eigenvalue weighted by atomic mass is 9.89. The molecule has 0 aliphatic heterocycles. The molecule has 0 unspecified atom stereocenters. The molecule has 1 radical (unpaired) electrons. The van der Waals surface area contributed by atoms with Gasteiger partial charge < -0.3 is 4.90 Å². The number of nitrogens with zero attached hydrogens (tertiary/aromatic N) is 1. The van der Waals surface area contributed by atoms with Crippen molar-refractivity contribution in [1.29, 1.82) is 0 Å². The van der Waals surface area contributed by atoms with E-state index in [1.54, 1.807) is 0 Å². The molecule has 1 rings (SSSR count). The Balaban J connectivity index is 2.20. The Morgan fingerprint density at radius 3 is 2.57 bits per heavy atom. The van der Waals surface area contributed by atoms with Crippen LogP contribution in [0.4, 0.5) is 0 Å². The van der Waals surface area contributed by atoms with Crippen LogP contribution >= 0.6 is 0 Å². The van der Waals surface area contributed by atoms with E-state index in [0.29, 0.717) is 0 Å². The summed E-state index contributed by atoms with van der Waals surface area (Å²) in [6, 6.07) is 0. The molecule has 0 saturated heterocycles. The van der Waals surface area contributed by atoms with E-state index in [1.165, 1.54) is 32.1 Å². The molecule has 0 aromatic rings. The predicted octanol–water partition coefficient (Wildman–Crippen LogP) is 2.74. The second-order valence-electron chi connectivity index (χ2n) is 4.39. The Kier molecular flexibility index (Phi) is 5.65. The average Bonchev–Trinajstić information content (AvgIpc) is 2.25. The molecule has 0 aromatic carbocycles. The van der Waals surface area contributed by atoms with E-state index in [2.05, 4.69) is 13.3 Å². The zero-order valence-corrected chi connectivity index (χ0v) is 9.30. The number of hydrogen-bond acceptors (Lipinski definition) is 1. The van der Waals surface area contributed by atoms with E-state index in [1.807, 2.05) is 4.90 Å². The topological polar surface area (TPSA) is 20.3 Å². The summed E-state index contributed by atoms with van der Waals surface area (Å²) in [5.41, 5.74) is 0. The van der Waals surface area contributed by atoms with Gasteiger partial charge in [0.25, 0.3) is 0 Å². The van der Waals surface area contributed by atoms with Gasteiger partial charge in [0.15, 0.2) is 0 Å². The molecule has 2 nitrogen and oxygen atoms in total. The zero-order chi connectivity index (χ0) is 10.2. The molecule has 0 aromatic heterocycles. The third-order valence-corrected chi connectivity index (χ3v) is 3.11. The van der Waals surface area contributed by atoms with Crippen molar-refractivity contribution < 1.29 is 4.79 Å². The lowest BCUT2D eigenvalue weighted by Crippen LogP contribution is -2.30. The summed E-state index contributed by atoms with van der Waals surface area (Å²) in [4.78, 5) is 12.5. The number of amides is 1. The lowest BCUT2D eigenvalue weighted by Gasteiger charge is -2.26. The Bertz CT molecular complexity index is 152. The molecule has 0 spiro atoms. The summed E-state index contributed by atoms with van der Waals surface area (Å²) in [5, 5.41) is 0. The normalized spacial score (nSPS) is 18.1. The zero-order valence-electron chi connectivity index (χ0n) is 9.30. The fraction of sp³-hybridized carbons (Fsp3) is 0.917. The van der Waals surface area contributed by atoms with E-state index in [-0.39, 0.29) is 0 Å². The maximum atomic E-state index is 10.7. The van der Waals surface area contributed by atoms with Crippen LogP contribution in [-0.4, -0.2) is 24.4 Å². The van der Waals surface area contributed by atoms with Gasteiger partial charge in [-0.15, -0.1) is 0 Å². The van der Waals surface area contributed by atoms with Gasteiger partial charge in [0.05, 0.1) is 0 Å². The van der Waals surface area contributed by atoms with Gasteiger partial charge in [-0.2, -0.15) is 0 Å². The summed E-state index contributed by atoms with van der Waals surface area (Å²) >= 11 is 0. The van der Waals surface area contributed by atoms with Gasteiger partial charge in [-0.3, -0.25) is 4.79 Å². The van der Waals surface area contributed by atoms with Crippen molar-refractivity contribution >= 4 is 6.41 Å². The summed E-state index contributed by atoms with van der Waals surface area (Å²) < 4.78 is 0. The first-order chi connectivity index (χ1) is 6.86. The van der Waals surface area contributed by atoms with Crippen LogP contribution < -0.4 is 0 Å². The Morgan fingerprint density at radius 2 is 2.00 bits per heavy atom. The molecule has 14 heavy (non-hydrogen) atoms. The van der Waals surface area contributed by atoms with Gasteiger partial charge >= 0.3 is 6.41 Å². The molecule has 1 amide bonds. The molecule has 81 valence electrons. The van der Waals surface area contributed by atoms with E-state index < -0.39 is 0 Å². The van der Waals surface area contributed by atoms with Crippen molar-refractivity contribution in [3.63, 3.8) is 0 Å². The van der Waals surface area contributed by atoms with E-state index >= 15 is 0 Å². The van der Waals surface area contributed by atoms with Gasteiger partial charge in [-0.1, -0.05) is 32.6 Å². The van der Waals surface area contributed by atoms with Crippen molar-refractivity contribution in [3.8, 4) is 0 Å². The highest BCUT2D eigenvalue weighted by molar-refractivity contribution is 5.47. The molecule has 0 N–H and O–H groups in total. The predicted molar refractivity (Wildman–Crippen MR) is 58.7 cm³/mol. The van der Waals surface area contributed by atoms with Crippen molar-refractivity contribution in [3.05, 3.63) is 0 Å². The second kappa shape index (κ2) is 6.86. The Labute approximate surface area is 87.7 Å². The standard InChI is InChI=1S/C12H22NO/c1-2-3-9-13(11-14)10-12-7-5-4-6-8-12/h12H,2-10H2,1H3. The van der Waals surface area contributed by atoms with Gasteiger partial charge in [-0.05, 0) is 25.2 Å².